The normalized spacial score (nSPS) is 11.6. The van der Waals surface area contributed by atoms with Crippen LogP contribution in [-0.4, -0.2) is 17.3 Å². The lowest BCUT2D eigenvalue weighted by Crippen LogP contribution is -2.10. The average Bonchev–Trinajstić information content (AvgIpc) is 1.87. The summed E-state index contributed by atoms with van der Waals surface area (Å²) in [6.07, 6.45) is 2.51. The van der Waals surface area contributed by atoms with E-state index in [0.29, 0.717) is 12.3 Å². The summed E-state index contributed by atoms with van der Waals surface area (Å²) in [5.74, 6) is 0.523. The van der Waals surface area contributed by atoms with Crippen molar-refractivity contribution in [2.75, 3.05) is 6.26 Å². The van der Waals surface area contributed by atoms with Gasteiger partial charge < -0.3 is 5.73 Å². The Labute approximate surface area is 59.2 Å². The smallest absolute Gasteiger partial charge is 0.181 e. The van der Waals surface area contributed by atoms with Crippen molar-refractivity contribution in [1.29, 1.82) is 5.41 Å². The molecule has 3 N–H and O–H groups in total. The molecule has 0 unspecified atom stereocenters. The number of rotatable bonds is 1. The van der Waals surface area contributed by atoms with Crippen LogP contribution in [0.25, 0.3) is 0 Å². The maximum Gasteiger partial charge on any atom is 0.181 e. The molecule has 0 spiro atoms. The van der Waals surface area contributed by atoms with Gasteiger partial charge in [0.25, 0.3) is 0 Å². The fourth-order valence-electron chi connectivity index (χ4n) is 0.255. The second kappa shape index (κ2) is 4.38. The first kappa shape index (κ1) is 8.49. The summed E-state index contributed by atoms with van der Waals surface area (Å²) in [7, 11) is 0. The zero-order valence-corrected chi connectivity index (χ0v) is 6.46. The van der Waals surface area contributed by atoms with Gasteiger partial charge in [-0.25, -0.2) is 4.99 Å². The molecule has 0 heterocycles. The van der Waals surface area contributed by atoms with Gasteiger partial charge in [0.1, 0.15) is 5.84 Å². The Balaban J connectivity index is 3.79. The fourth-order valence-corrected chi connectivity index (χ4v) is 0.464. The monoisotopic (exact) mass is 145 g/mol. The number of nitrogens with zero attached hydrogens (tertiary/aromatic N) is 1. The Bertz CT molecular complexity index is 130. The SMILES string of the molecule is CCC(N)=NC(=N)SC. The number of aliphatic imine (C=N–C) groups is 1. The van der Waals surface area contributed by atoms with E-state index in [0.717, 1.165) is 0 Å². The molecule has 0 rings (SSSR count). The van der Waals surface area contributed by atoms with Crippen molar-refractivity contribution in [2.45, 2.75) is 13.3 Å². The van der Waals surface area contributed by atoms with Crippen LogP contribution in [-0.2, 0) is 0 Å². The van der Waals surface area contributed by atoms with E-state index in [2.05, 4.69) is 4.99 Å². The molecule has 0 aliphatic rings. The van der Waals surface area contributed by atoms with Crippen LogP contribution in [0.4, 0.5) is 0 Å². The topological polar surface area (TPSA) is 62.2 Å². The van der Waals surface area contributed by atoms with Crippen LogP contribution in [0.15, 0.2) is 4.99 Å². The van der Waals surface area contributed by atoms with Crippen LogP contribution in [0.3, 0.4) is 0 Å². The third-order valence-corrected chi connectivity index (χ3v) is 1.28. The van der Waals surface area contributed by atoms with Gasteiger partial charge in [0.2, 0.25) is 0 Å². The Morgan fingerprint density at radius 1 is 1.78 bits per heavy atom. The summed E-state index contributed by atoms with van der Waals surface area (Å²) in [5, 5.41) is 7.34. The molecule has 52 valence electrons. The third kappa shape index (κ3) is 4.02. The van der Waals surface area contributed by atoms with Crippen LogP contribution in [0.1, 0.15) is 13.3 Å². The molecule has 0 radical (unpaired) electrons. The van der Waals surface area contributed by atoms with Crippen LogP contribution in [0, 0.1) is 5.41 Å². The molecule has 0 saturated heterocycles. The van der Waals surface area contributed by atoms with Crippen LogP contribution < -0.4 is 5.73 Å². The lowest BCUT2D eigenvalue weighted by atomic mass is 10.5. The molecule has 0 aromatic carbocycles. The van der Waals surface area contributed by atoms with Crippen molar-refractivity contribution in [3.8, 4) is 0 Å². The summed E-state index contributed by atoms with van der Waals surface area (Å²) >= 11 is 1.28. The quantitative estimate of drug-likeness (QED) is 0.428. The van der Waals surface area contributed by atoms with Gasteiger partial charge in [0.05, 0.1) is 0 Å². The highest BCUT2D eigenvalue weighted by molar-refractivity contribution is 8.13. The number of thioether (sulfide) groups is 1. The third-order valence-electron chi connectivity index (χ3n) is 0.801. The van der Waals surface area contributed by atoms with Crippen LogP contribution in [0.2, 0.25) is 0 Å². The van der Waals surface area contributed by atoms with Crippen molar-refractivity contribution in [3.63, 3.8) is 0 Å². The molecule has 0 aliphatic heterocycles. The van der Waals surface area contributed by atoms with Gasteiger partial charge in [0.15, 0.2) is 5.17 Å². The predicted molar refractivity (Wildman–Crippen MR) is 43.2 cm³/mol. The molecule has 9 heavy (non-hydrogen) atoms. The van der Waals surface area contributed by atoms with Crippen molar-refractivity contribution in [1.82, 2.24) is 0 Å². The molecule has 0 saturated carbocycles. The predicted octanol–water partition coefficient (Wildman–Crippen LogP) is 1.05. The standard InChI is InChI=1S/C5H11N3S/c1-3-4(6)8-5(7)9-2/h3H2,1-2H3,(H3,6,7,8). The van der Waals surface area contributed by atoms with Crippen molar-refractivity contribution < 1.29 is 0 Å². The van der Waals surface area contributed by atoms with E-state index in [-0.39, 0.29) is 5.17 Å². The molecule has 4 heteroatoms. The number of hydrogen-bond acceptors (Lipinski definition) is 2. The summed E-state index contributed by atoms with van der Waals surface area (Å²) in [4.78, 5) is 3.75. The Morgan fingerprint density at radius 3 is 2.67 bits per heavy atom. The zero-order chi connectivity index (χ0) is 7.28. The molecule has 0 fully saturated rings. The van der Waals surface area contributed by atoms with Crippen LogP contribution >= 0.6 is 11.8 Å². The minimum absolute atomic E-state index is 0.273. The van der Waals surface area contributed by atoms with Crippen molar-refractivity contribution in [3.05, 3.63) is 0 Å². The summed E-state index contributed by atoms with van der Waals surface area (Å²) in [6.45, 7) is 1.91. The molecule has 3 nitrogen and oxygen atoms in total. The van der Waals surface area contributed by atoms with Crippen LogP contribution in [0.5, 0.6) is 0 Å². The van der Waals surface area contributed by atoms with Gasteiger partial charge in [-0.05, 0) is 6.26 Å². The fraction of sp³-hybridized carbons (Fsp3) is 0.600. The van der Waals surface area contributed by atoms with Gasteiger partial charge >= 0.3 is 0 Å². The van der Waals surface area contributed by atoms with E-state index in [9.17, 15) is 0 Å². The first-order valence-corrected chi connectivity index (χ1v) is 3.88. The second-order valence-corrected chi connectivity index (χ2v) is 2.26. The van der Waals surface area contributed by atoms with E-state index in [1.165, 1.54) is 11.8 Å². The molecule has 0 aliphatic carbocycles. The first-order chi connectivity index (χ1) is 4.20. The largest absolute Gasteiger partial charge is 0.387 e. The lowest BCUT2D eigenvalue weighted by Gasteiger charge is -1.93. The molecule has 0 amide bonds. The van der Waals surface area contributed by atoms with E-state index in [4.69, 9.17) is 11.1 Å². The molecular weight excluding hydrogens is 134 g/mol. The zero-order valence-electron chi connectivity index (χ0n) is 5.64. The molecule has 0 bridgehead atoms. The highest BCUT2D eigenvalue weighted by atomic mass is 32.2. The minimum atomic E-state index is 0.273. The average molecular weight is 145 g/mol. The Kier molecular flexibility index (Phi) is 4.13. The number of hydrogen-bond donors (Lipinski definition) is 2. The van der Waals surface area contributed by atoms with Gasteiger partial charge in [-0.15, -0.1) is 0 Å². The maximum absolute atomic E-state index is 7.07. The minimum Gasteiger partial charge on any atom is -0.387 e. The molecule has 0 aromatic heterocycles. The maximum atomic E-state index is 7.07. The summed E-state index contributed by atoms with van der Waals surface area (Å²) in [6, 6.07) is 0. The van der Waals surface area contributed by atoms with E-state index in [1.807, 2.05) is 6.92 Å². The lowest BCUT2D eigenvalue weighted by molar-refractivity contribution is 1.25. The highest BCUT2D eigenvalue weighted by Gasteiger charge is 1.89. The summed E-state index contributed by atoms with van der Waals surface area (Å²) in [5.41, 5.74) is 5.35. The second-order valence-electron chi connectivity index (χ2n) is 1.47. The van der Waals surface area contributed by atoms with E-state index in [1.54, 1.807) is 6.26 Å². The van der Waals surface area contributed by atoms with Gasteiger partial charge in [-0.1, -0.05) is 18.7 Å². The van der Waals surface area contributed by atoms with Gasteiger partial charge in [-0.3, -0.25) is 5.41 Å². The molecule has 0 aromatic rings. The van der Waals surface area contributed by atoms with E-state index >= 15 is 0 Å². The number of nitrogens with one attached hydrogen (secondary N) is 1. The Hall–Kier alpha value is -0.510. The highest BCUT2D eigenvalue weighted by Crippen LogP contribution is 1.95. The van der Waals surface area contributed by atoms with Crippen molar-refractivity contribution >= 4 is 22.8 Å². The van der Waals surface area contributed by atoms with Gasteiger partial charge in [0, 0.05) is 6.42 Å². The van der Waals surface area contributed by atoms with Crippen molar-refractivity contribution in [2.24, 2.45) is 10.7 Å². The number of nitrogens with two attached hydrogens (primary N) is 1. The Morgan fingerprint density at radius 2 is 2.33 bits per heavy atom. The van der Waals surface area contributed by atoms with Gasteiger partial charge in [-0.2, -0.15) is 0 Å². The molecule has 0 atom stereocenters. The first-order valence-electron chi connectivity index (χ1n) is 2.66. The number of amidine groups is 2. The molecular formula is C5H11N3S. The van der Waals surface area contributed by atoms with E-state index < -0.39 is 0 Å². The summed E-state index contributed by atoms with van der Waals surface area (Å²) < 4.78 is 0.